The summed E-state index contributed by atoms with van der Waals surface area (Å²) < 4.78 is 15.2. The van der Waals surface area contributed by atoms with Crippen LogP contribution in [0.25, 0.3) is 0 Å². The Balaban J connectivity index is 4.57. The first kappa shape index (κ1) is 15.3. The number of ether oxygens (including phenoxy) is 1. The molecular formula is C8H8O8V. The van der Waals surface area contributed by atoms with Gasteiger partial charge in [-0.2, -0.15) is 0 Å². The summed E-state index contributed by atoms with van der Waals surface area (Å²) in [4.78, 5) is 51.1. The monoisotopic (exact) mass is 283 g/mol. The summed E-state index contributed by atoms with van der Waals surface area (Å²) in [5, 5.41) is 0. The summed E-state index contributed by atoms with van der Waals surface area (Å²) in [6.45, 7) is 1.94. The van der Waals surface area contributed by atoms with E-state index in [1.165, 1.54) is 0 Å². The molecule has 0 heterocycles. The Morgan fingerprint density at radius 2 is 1.71 bits per heavy atom. The minimum atomic E-state index is -1.86. The molecule has 0 aliphatic rings. The van der Waals surface area contributed by atoms with Crippen LogP contribution in [-0.2, 0) is 53.2 Å². The van der Waals surface area contributed by atoms with Crippen molar-refractivity contribution in [1.82, 2.24) is 0 Å². The number of hydrogen-bond acceptors (Lipinski definition) is 8. The molecule has 1 atom stereocenters. The molecule has 0 aromatic heterocycles. The summed E-state index contributed by atoms with van der Waals surface area (Å²) in [6, 6.07) is 0. The van der Waals surface area contributed by atoms with Gasteiger partial charge in [0.1, 0.15) is 0 Å². The van der Waals surface area contributed by atoms with Crippen LogP contribution in [-0.4, -0.2) is 34.5 Å². The first-order valence-corrected chi connectivity index (χ1v) is 5.51. The summed E-state index contributed by atoms with van der Waals surface area (Å²) in [6.07, 6.45) is -1.86. The van der Waals surface area contributed by atoms with Crippen molar-refractivity contribution in [3.8, 4) is 0 Å². The van der Waals surface area contributed by atoms with E-state index in [0.29, 0.717) is 4.73 Å². The molecule has 0 bridgehead atoms. The Labute approximate surface area is 102 Å². The van der Waals surface area contributed by atoms with Crippen molar-refractivity contribution in [3.05, 3.63) is 0 Å². The Bertz CT molecular complexity index is 394. The zero-order chi connectivity index (χ0) is 13.4. The van der Waals surface area contributed by atoms with Crippen LogP contribution in [0.3, 0.4) is 0 Å². The second-order valence-electron chi connectivity index (χ2n) is 2.64. The maximum absolute atomic E-state index is 11.1. The van der Waals surface area contributed by atoms with Crippen LogP contribution in [0.15, 0.2) is 0 Å². The van der Waals surface area contributed by atoms with Gasteiger partial charge in [0, 0.05) is 0 Å². The molecular weight excluding hydrogens is 275 g/mol. The van der Waals surface area contributed by atoms with Gasteiger partial charge in [-0.25, -0.2) is 0 Å². The van der Waals surface area contributed by atoms with E-state index in [0.717, 1.165) is 13.8 Å². The number of rotatable bonds is 4. The third kappa shape index (κ3) is 6.49. The van der Waals surface area contributed by atoms with E-state index in [-0.39, 0.29) is 0 Å². The summed E-state index contributed by atoms with van der Waals surface area (Å²) in [7, 11) is 0. The summed E-state index contributed by atoms with van der Waals surface area (Å²) in [5.41, 5.74) is 0. The number of esters is 1. The molecule has 0 fully saturated rings. The predicted octanol–water partition coefficient (Wildman–Crippen LogP) is -1.26. The molecule has 0 spiro atoms. The van der Waals surface area contributed by atoms with Crippen LogP contribution in [0.2, 0.25) is 0 Å². The molecule has 9 heteroatoms. The van der Waals surface area contributed by atoms with Gasteiger partial charge < -0.3 is 0 Å². The molecule has 0 radical (unpaired) electrons. The molecule has 0 aliphatic heterocycles. The van der Waals surface area contributed by atoms with Gasteiger partial charge >= 0.3 is 102 Å². The molecule has 0 rings (SSSR count). The van der Waals surface area contributed by atoms with Gasteiger partial charge in [-0.15, -0.1) is 0 Å². The molecule has 0 amide bonds. The topological polar surface area (TPSA) is 113 Å². The van der Waals surface area contributed by atoms with Gasteiger partial charge in [0.05, 0.1) is 0 Å². The Morgan fingerprint density at radius 3 is 2.12 bits per heavy atom. The van der Waals surface area contributed by atoms with Gasteiger partial charge in [-0.05, 0) is 0 Å². The molecule has 0 aliphatic carbocycles. The molecule has 0 N–H and O–H groups in total. The van der Waals surface area contributed by atoms with Crippen LogP contribution in [0.1, 0.15) is 13.8 Å². The fraction of sp³-hybridized carbons (Fsp3) is 0.375. The zero-order valence-corrected chi connectivity index (χ0v) is 10.3. The first-order chi connectivity index (χ1) is 7.88. The Morgan fingerprint density at radius 1 is 1.12 bits per heavy atom. The second-order valence-corrected chi connectivity index (χ2v) is 3.37. The molecule has 0 aromatic carbocycles. The molecule has 17 heavy (non-hydrogen) atoms. The van der Waals surface area contributed by atoms with Crippen LogP contribution < -0.4 is 0 Å². The van der Waals surface area contributed by atoms with Crippen molar-refractivity contribution < 1.29 is 53.2 Å². The van der Waals surface area contributed by atoms with E-state index in [1.54, 1.807) is 0 Å². The molecule has 0 aromatic rings. The number of ketones is 1. The average Bonchev–Trinajstić information content (AvgIpc) is 2.22. The number of carbonyl (C=O) groups excluding carboxylic acids is 4. The standard InChI is InChI=1S/C8H8O7.O.V/c1-4(9)7(13-5(2)10)8(12)15-14-6(3)11;;/h2,7H,1,3H3;;. The molecule has 93 valence electrons. The normalized spacial score (nSPS) is 10.5. The second kappa shape index (κ2) is 7.58. The van der Waals surface area contributed by atoms with Gasteiger partial charge in [-0.1, -0.05) is 0 Å². The van der Waals surface area contributed by atoms with Crippen LogP contribution in [0, 0.1) is 0 Å². The molecule has 0 saturated heterocycles. The van der Waals surface area contributed by atoms with Crippen molar-refractivity contribution in [3.63, 3.8) is 0 Å². The van der Waals surface area contributed by atoms with Crippen LogP contribution in [0.5, 0.6) is 0 Å². The third-order valence-electron chi connectivity index (χ3n) is 1.22. The summed E-state index contributed by atoms with van der Waals surface area (Å²) in [5.74, 6) is -4.19. The fourth-order valence-electron chi connectivity index (χ4n) is 0.630. The molecule has 1 unspecified atom stereocenters. The van der Waals surface area contributed by atoms with Crippen LogP contribution >= 0.6 is 0 Å². The molecule has 0 saturated carbocycles. The predicted molar refractivity (Wildman–Crippen MR) is 45.2 cm³/mol. The van der Waals surface area contributed by atoms with E-state index in [2.05, 4.69) is 14.5 Å². The van der Waals surface area contributed by atoms with Crippen LogP contribution in [0.4, 0.5) is 0 Å². The van der Waals surface area contributed by atoms with Gasteiger partial charge in [0.25, 0.3) is 0 Å². The van der Waals surface area contributed by atoms with E-state index in [4.69, 9.17) is 0 Å². The SMILES string of the molecule is CC(=O)OOC(=O)C(OC(=O)[CH]=[V]=[O])C(C)=O. The average molecular weight is 283 g/mol. The van der Waals surface area contributed by atoms with E-state index < -0.39 is 45.6 Å². The number of carbonyl (C=O) groups is 4. The summed E-state index contributed by atoms with van der Waals surface area (Å²) >= 11 is -1.59. The molecule has 8 nitrogen and oxygen atoms in total. The fourth-order valence-corrected chi connectivity index (χ4v) is 0.860. The number of Topliss-reactive ketones (excluding diaryl/α,β-unsaturated/α-hetero) is 1. The van der Waals surface area contributed by atoms with E-state index >= 15 is 0 Å². The minimum absolute atomic E-state index is 0.686. The van der Waals surface area contributed by atoms with E-state index in [9.17, 15) is 22.9 Å². The maximum atomic E-state index is 11.1. The van der Waals surface area contributed by atoms with E-state index in [1.807, 2.05) is 0 Å². The van der Waals surface area contributed by atoms with Gasteiger partial charge in [-0.3, -0.25) is 0 Å². The van der Waals surface area contributed by atoms with Gasteiger partial charge in [0.15, 0.2) is 0 Å². The van der Waals surface area contributed by atoms with Crippen molar-refractivity contribution >= 4 is 28.4 Å². The van der Waals surface area contributed by atoms with Crippen molar-refractivity contribution in [2.45, 2.75) is 20.0 Å². The van der Waals surface area contributed by atoms with Crippen molar-refractivity contribution in [2.24, 2.45) is 0 Å². The quantitative estimate of drug-likeness (QED) is 0.272. The van der Waals surface area contributed by atoms with Gasteiger partial charge in [0.2, 0.25) is 0 Å². The zero-order valence-electron chi connectivity index (χ0n) is 8.87. The van der Waals surface area contributed by atoms with Crippen molar-refractivity contribution in [1.29, 1.82) is 0 Å². The first-order valence-electron chi connectivity index (χ1n) is 4.14. The van der Waals surface area contributed by atoms with Crippen molar-refractivity contribution in [2.75, 3.05) is 0 Å². The number of hydrogen-bond donors (Lipinski definition) is 0. The Kier molecular flexibility index (Phi) is 6.84. The Hall–Kier alpha value is -1.67. The third-order valence-corrected chi connectivity index (χ3v) is 1.71.